The normalized spacial score (nSPS) is 20.2. The van der Waals surface area contributed by atoms with Crippen molar-refractivity contribution < 1.29 is 4.79 Å². The van der Waals surface area contributed by atoms with Gasteiger partial charge in [-0.3, -0.25) is 4.79 Å². The van der Waals surface area contributed by atoms with Crippen LogP contribution in [0.2, 0.25) is 0 Å². The number of ketones is 1. The van der Waals surface area contributed by atoms with E-state index in [-0.39, 0.29) is 11.8 Å². The van der Waals surface area contributed by atoms with Crippen molar-refractivity contribution in [3.05, 3.63) is 95.2 Å². The van der Waals surface area contributed by atoms with Crippen LogP contribution in [-0.2, 0) is 11.3 Å². The van der Waals surface area contributed by atoms with Gasteiger partial charge in [0.25, 0.3) is 0 Å². The van der Waals surface area contributed by atoms with E-state index in [0.29, 0.717) is 6.42 Å². The number of nitrogens with zero attached hydrogens (tertiary/aromatic N) is 1. The van der Waals surface area contributed by atoms with Gasteiger partial charge >= 0.3 is 0 Å². The molecule has 2 nitrogen and oxygen atoms in total. The molecule has 2 aromatic carbocycles. The minimum Gasteiger partial charge on any atom is -0.359 e. The van der Waals surface area contributed by atoms with Gasteiger partial charge in [0.2, 0.25) is 0 Å². The number of allylic oxidation sites excluding steroid dienone is 3. The third kappa shape index (κ3) is 2.80. The van der Waals surface area contributed by atoms with Crippen LogP contribution in [0.3, 0.4) is 0 Å². The summed E-state index contributed by atoms with van der Waals surface area (Å²) in [5, 5.41) is 0. The Labute approximate surface area is 143 Å². The van der Waals surface area contributed by atoms with Gasteiger partial charge < -0.3 is 4.90 Å². The predicted molar refractivity (Wildman–Crippen MR) is 96.2 cm³/mol. The quantitative estimate of drug-likeness (QED) is 0.810. The topological polar surface area (TPSA) is 20.3 Å². The predicted octanol–water partition coefficient (Wildman–Crippen LogP) is 4.81. The molecule has 0 amide bonds. The smallest absolute Gasteiger partial charge is 0.164 e. The van der Waals surface area contributed by atoms with Gasteiger partial charge in [-0.2, -0.15) is 0 Å². The molecule has 1 unspecified atom stereocenters. The lowest BCUT2D eigenvalue weighted by Gasteiger charge is -2.39. The van der Waals surface area contributed by atoms with Gasteiger partial charge in [-0.1, -0.05) is 72.8 Å². The number of benzene rings is 2. The number of rotatable bonds is 3. The van der Waals surface area contributed by atoms with Crippen molar-refractivity contribution in [2.75, 3.05) is 0 Å². The van der Waals surface area contributed by atoms with Crippen LogP contribution in [0.5, 0.6) is 0 Å². The second-order valence-corrected chi connectivity index (χ2v) is 6.47. The Bertz CT molecular complexity index is 789. The zero-order valence-electron chi connectivity index (χ0n) is 13.7. The fourth-order valence-corrected chi connectivity index (χ4v) is 3.71. The lowest BCUT2D eigenvalue weighted by molar-refractivity contribution is -0.116. The SMILES string of the molecule is O=C1CCCC2=C1C=CC(c1ccccc1)N2Cc1ccccc1. The van der Waals surface area contributed by atoms with Crippen molar-refractivity contribution >= 4 is 5.78 Å². The highest BCUT2D eigenvalue weighted by atomic mass is 16.1. The Morgan fingerprint density at radius 2 is 1.62 bits per heavy atom. The molecule has 120 valence electrons. The van der Waals surface area contributed by atoms with Crippen molar-refractivity contribution in [1.82, 2.24) is 4.90 Å². The van der Waals surface area contributed by atoms with Crippen LogP contribution >= 0.6 is 0 Å². The van der Waals surface area contributed by atoms with Crippen molar-refractivity contribution in [1.29, 1.82) is 0 Å². The Morgan fingerprint density at radius 1 is 0.917 bits per heavy atom. The van der Waals surface area contributed by atoms with E-state index in [4.69, 9.17) is 0 Å². The average Bonchev–Trinajstić information content (AvgIpc) is 2.64. The van der Waals surface area contributed by atoms with E-state index in [1.54, 1.807) is 0 Å². The monoisotopic (exact) mass is 315 g/mol. The molecule has 0 aromatic heterocycles. The minimum absolute atomic E-state index is 0.191. The molecular weight excluding hydrogens is 294 g/mol. The number of hydrogen-bond acceptors (Lipinski definition) is 2. The molecule has 0 bridgehead atoms. The first-order valence-electron chi connectivity index (χ1n) is 8.63. The maximum atomic E-state index is 12.3. The van der Waals surface area contributed by atoms with E-state index >= 15 is 0 Å². The summed E-state index contributed by atoms with van der Waals surface area (Å²) in [6.45, 7) is 0.830. The third-order valence-corrected chi connectivity index (χ3v) is 4.89. The van der Waals surface area contributed by atoms with Crippen LogP contribution in [0.15, 0.2) is 84.1 Å². The summed E-state index contributed by atoms with van der Waals surface area (Å²) in [5.41, 5.74) is 4.68. The van der Waals surface area contributed by atoms with E-state index < -0.39 is 0 Å². The van der Waals surface area contributed by atoms with E-state index in [9.17, 15) is 4.79 Å². The molecule has 2 heteroatoms. The Morgan fingerprint density at radius 3 is 2.38 bits per heavy atom. The standard InChI is InChI=1S/C22H21NO/c24-22-13-7-12-21-19(22)14-15-20(18-10-5-2-6-11-18)23(21)16-17-8-3-1-4-9-17/h1-6,8-11,14-15,20H,7,12-13,16H2. The van der Waals surface area contributed by atoms with Crippen LogP contribution in [0.4, 0.5) is 0 Å². The molecule has 0 fully saturated rings. The van der Waals surface area contributed by atoms with Crippen molar-refractivity contribution in [3.8, 4) is 0 Å². The maximum Gasteiger partial charge on any atom is 0.164 e. The fourth-order valence-electron chi connectivity index (χ4n) is 3.71. The van der Waals surface area contributed by atoms with Gasteiger partial charge in [0, 0.05) is 24.2 Å². The molecule has 24 heavy (non-hydrogen) atoms. The molecule has 1 atom stereocenters. The number of hydrogen-bond donors (Lipinski definition) is 0. The lowest BCUT2D eigenvalue weighted by Crippen LogP contribution is -2.33. The van der Waals surface area contributed by atoms with Crippen LogP contribution in [-0.4, -0.2) is 10.7 Å². The zero-order chi connectivity index (χ0) is 16.4. The molecule has 2 aromatic rings. The molecule has 1 aliphatic carbocycles. The summed E-state index contributed by atoms with van der Waals surface area (Å²) in [5.74, 6) is 0.289. The highest BCUT2D eigenvalue weighted by Gasteiger charge is 2.30. The van der Waals surface area contributed by atoms with Crippen LogP contribution < -0.4 is 0 Å². The summed E-state index contributed by atoms with van der Waals surface area (Å²) in [7, 11) is 0. The van der Waals surface area contributed by atoms with Gasteiger partial charge in [-0.15, -0.1) is 0 Å². The van der Waals surface area contributed by atoms with Crippen LogP contribution in [0.25, 0.3) is 0 Å². The fraction of sp³-hybridized carbons (Fsp3) is 0.227. The molecule has 1 aliphatic heterocycles. The largest absolute Gasteiger partial charge is 0.359 e. The van der Waals surface area contributed by atoms with Crippen molar-refractivity contribution in [3.63, 3.8) is 0 Å². The summed E-state index contributed by atoms with van der Waals surface area (Å²) < 4.78 is 0. The molecule has 0 spiro atoms. The molecule has 0 radical (unpaired) electrons. The highest BCUT2D eigenvalue weighted by molar-refractivity contribution is 5.99. The molecule has 4 rings (SSSR count). The van der Waals surface area contributed by atoms with E-state index in [2.05, 4.69) is 65.6 Å². The van der Waals surface area contributed by atoms with Gasteiger partial charge in [0.15, 0.2) is 5.78 Å². The molecule has 2 aliphatic rings. The Balaban J connectivity index is 1.75. The van der Waals surface area contributed by atoms with Gasteiger partial charge in [0.05, 0.1) is 6.04 Å². The van der Waals surface area contributed by atoms with Gasteiger partial charge in [0.1, 0.15) is 0 Å². The Hall–Kier alpha value is -2.61. The molecule has 0 saturated carbocycles. The average molecular weight is 315 g/mol. The number of carbonyl (C=O) groups is 1. The Kier molecular flexibility index (Phi) is 4.04. The first kappa shape index (κ1) is 14.9. The number of carbonyl (C=O) groups excluding carboxylic acids is 1. The maximum absolute atomic E-state index is 12.3. The minimum atomic E-state index is 0.191. The van der Waals surface area contributed by atoms with E-state index in [0.717, 1.165) is 25.0 Å². The summed E-state index contributed by atoms with van der Waals surface area (Å²) in [6.07, 6.45) is 6.86. The molecule has 0 N–H and O–H groups in total. The van der Waals surface area contributed by atoms with Crippen LogP contribution in [0.1, 0.15) is 36.4 Å². The molecule has 0 saturated heterocycles. The van der Waals surface area contributed by atoms with Gasteiger partial charge in [-0.05, 0) is 24.0 Å². The summed E-state index contributed by atoms with van der Waals surface area (Å²) >= 11 is 0. The van der Waals surface area contributed by atoms with E-state index in [1.165, 1.54) is 16.8 Å². The third-order valence-electron chi connectivity index (χ3n) is 4.89. The highest BCUT2D eigenvalue weighted by Crippen LogP contribution is 2.38. The number of Topliss-reactive ketones (excluding diaryl/α,β-unsaturated/α-hetero) is 1. The molecule has 1 heterocycles. The summed E-state index contributed by atoms with van der Waals surface area (Å²) in [6, 6.07) is 21.3. The first-order valence-corrected chi connectivity index (χ1v) is 8.63. The summed E-state index contributed by atoms with van der Waals surface area (Å²) in [4.78, 5) is 14.7. The van der Waals surface area contributed by atoms with Gasteiger partial charge in [-0.25, -0.2) is 0 Å². The first-order chi connectivity index (χ1) is 11.8. The van der Waals surface area contributed by atoms with E-state index in [1.807, 2.05) is 12.1 Å². The second-order valence-electron chi connectivity index (χ2n) is 6.47. The second kappa shape index (κ2) is 6.48. The van der Waals surface area contributed by atoms with Crippen molar-refractivity contribution in [2.24, 2.45) is 0 Å². The van der Waals surface area contributed by atoms with Crippen molar-refractivity contribution in [2.45, 2.75) is 31.8 Å². The van der Waals surface area contributed by atoms with Crippen LogP contribution in [0, 0.1) is 0 Å². The zero-order valence-corrected chi connectivity index (χ0v) is 13.7. The lowest BCUT2D eigenvalue weighted by atomic mass is 9.88. The molecular formula is C22H21NO.